The van der Waals surface area contributed by atoms with Crippen LogP contribution in [0, 0.1) is 11.8 Å². The van der Waals surface area contributed by atoms with Crippen molar-refractivity contribution in [1.82, 2.24) is 15.3 Å². The van der Waals surface area contributed by atoms with Crippen molar-refractivity contribution >= 4 is 39.1 Å². The van der Waals surface area contributed by atoms with Gasteiger partial charge in [-0.2, -0.15) is 0 Å². The lowest BCUT2D eigenvalue weighted by Gasteiger charge is -1.96. The van der Waals surface area contributed by atoms with Crippen molar-refractivity contribution in [1.29, 1.82) is 0 Å². The second-order valence-electron chi connectivity index (χ2n) is 3.92. The topological polar surface area (TPSA) is 54.9 Å². The Morgan fingerprint density at radius 2 is 2.39 bits per heavy atom. The molecular weight excluding hydrogens is 270 g/mol. The van der Waals surface area contributed by atoms with Gasteiger partial charge in [-0.1, -0.05) is 23.4 Å². The lowest BCUT2D eigenvalue weighted by atomic mass is 10.2. The Morgan fingerprint density at radius 1 is 1.50 bits per heavy atom. The van der Waals surface area contributed by atoms with Gasteiger partial charge in [-0.05, 0) is 12.5 Å². The number of nitrogens with one attached hydrogen (secondary N) is 1. The van der Waals surface area contributed by atoms with Crippen LogP contribution in [0.15, 0.2) is 12.4 Å². The molecule has 6 heteroatoms. The fourth-order valence-corrected chi connectivity index (χ4v) is 2.88. The maximum Gasteiger partial charge on any atom is 0.221 e. The number of rotatable bonds is 0. The molecule has 1 aliphatic heterocycles. The van der Waals surface area contributed by atoms with Crippen molar-refractivity contribution in [2.45, 2.75) is 18.9 Å². The van der Waals surface area contributed by atoms with E-state index < -0.39 is 0 Å². The summed E-state index contributed by atoms with van der Waals surface area (Å²) in [5.41, 5.74) is 0.805. The van der Waals surface area contributed by atoms with E-state index >= 15 is 0 Å². The number of aromatic nitrogens is 2. The van der Waals surface area contributed by atoms with Gasteiger partial charge < -0.3 is 5.32 Å². The molecule has 1 atom stereocenters. The quantitative estimate of drug-likeness (QED) is 0.592. The molecule has 2 aromatic rings. The van der Waals surface area contributed by atoms with Crippen LogP contribution in [0.3, 0.4) is 0 Å². The number of hydrogen-bond donors (Lipinski definition) is 1. The fraction of sp³-hybridized carbons (Fsp3) is 0.250. The van der Waals surface area contributed by atoms with E-state index in [2.05, 4.69) is 27.1 Å². The number of thiophene rings is 1. The van der Waals surface area contributed by atoms with Crippen LogP contribution in [0.1, 0.15) is 17.7 Å². The molecule has 2 aromatic heterocycles. The Morgan fingerprint density at radius 3 is 3.11 bits per heavy atom. The van der Waals surface area contributed by atoms with Gasteiger partial charge in [0, 0.05) is 6.42 Å². The minimum absolute atomic E-state index is 0.0377. The summed E-state index contributed by atoms with van der Waals surface area (Å²) in [6.07, 6.45) is 2.77. The highest BCUT2D eigenvalue weighted by Gasteiger charge is 2.18. The van der Waals surface area contributed by atoms with Gasteiger partial charge in [0.05, 0.1) is 21.1 Å². The van der Waals surface area contributed by atoms with Gasteiger partial charge in [0.2, 0.25) is 5.91 Å². The summed E-state index contributed by atoms with van der Waals surface area (Å²) in [6.45, 7) is 0. The van der Waals surface area contributed by atoms with Crippen molar-refractivity contribution in [2.75, 3.05) is 0 Å². The van der Waals surface area contributed by atoms with Crippen molar-refractivity contribution in [3.8, 4) is 11.8 Å². The monoisotopic (exact) mass is 277 g/mol. The van der Waals surface area contributed by atoms with Crippen molar-refractivity contribution in [3.63, 3.8) is 0 Å². The summed E-state index contributed by atoms with van der Waals surface area (Å²) in [6, 6.07) is 1.85. The molecule has 1 amide bonds. The molecule has 90 valence electrons. The lowest BCUT2D eigenvalue weighted by molar-refractivity contribution is -0.119. The minimum Gasteiger partial charge on any atom is -0.342 e. The summed E-state index contributed by atoms with van der Waals surface area (Å²) in [7, 11) is 0. The molecule has 4 nitrogen and oxygen atoms in total. The van der Waals surface area contributed by atoms with Crippen LogP contribution >= 0.6 is 22.9 Å². The van der Waals surface area contributed by atoms with E-state index in [4.69, 9.17) is 11.6 Å². The molecule has 1 fully saturated rings. The van der Waals surface area contributed by atoms with Gasteiger partial charge >= 0.3 is 0 Å². The standard InChI is InChI=1S/C12H8ClN3OS/c13-12-11-9(14-6-15-12)5-8(18-11)3-1-7-2-4-10(17)16-7/h5-7H,2,4H2,(H,16,17)/t7-/m0/s1. The van der Waals surface area contributed by atoms with E-state index in [0.717, 1.165) is 21.5 Å². The Balaban J connectivity index is 1.89. The molecule has 1 N–H and O–H groups in total. The van der Waals surface area contributed by atoms with E-state index in [1.165, 1.54) is 17.7 Å². The third kappa shape index (κ3) is 2.17. The molecule has 1 saturated heterocycles. The average molecular weight is 278 g/mol. The third-order valence-corrected chi connectivity index (χ3v) is 4.08. The van der Waals surface area contributed by atoms with Gasteiger partial charge in [-0.15, -0.1) is 11.3 Å². The fourth-order valence-electron chi connectivity index (χ4n) is 1.77. The molecule has 0 saturated carbocycles. The maximum absolute atomic E-state index is 11.0. The van der Waals surface area contributed by atoms with Crippen LogP contribution in [-0.2, 0) is 4.79 Å². The van der Waals surface area contributed by atoms with E-state index in [9.17, 15) is 4.79 Å². The lowest BCUT2D eigenvalue weighted by Crippen LogP contribution is -2.23. The summed E-state index contributed by atoms with van der Waals surface area (Å²) in [5.74, 6) is 6.17. The largest absolute Gasteiger partial charge is 0.342 e. The van der Waals surface area contributed by atoms with Gasteiger partial charge in [0.15, 0.2) is 0 Å². The van der Waals surface area contributed by atoms with E-state index in [1.54, 1.807) is 0 Å². The number of nitrogens with zero attached hydrogens (tertiary/aromatic N) is 2. The van der Waals surface area contributed by atoms with Crippen LogP contribution in [0.25, 0.3) is 10.2 Å². The molecule has 0 aromatic carbocycles. The average Bonchev–Trinajstić information content (AvgIpc) is 2.93. The molecular formula is C12H8ClN3OS. The van der Waals surface area contributed by atoms with Crippen LogP contribution in [0.4, 0.5) is 0 Å². The number of hydrogen-bond acceptors (Lipinski definition) is 4. The maximum atomic E-state index is 11.0. The van der Waals surface area contributed by atoms with Gasteiger partial charge in [0.25, 0.3) is 0 Å². The Kier molecular flexibility index (Phi) is 2.90. The highest BCUT2D eigenvalue weighted by molar-refractivity contribution is 7.20. The second kappa shape index (κ2) is 4.56. The zero-order chi connectivity index (χ0) is 12.5. The van der Waals surface area contributed by atoms with Crippen LogP contribution < -0.4 is 5.32 Å². The summed E-state index contributed by atoms with van der Waals surface area (Å²) < 4.78 is 0.846. The van der Waals surface area contributed by atoms with Gasteiger partial charge in [-0.3, -0.25) is 4.79 Å². The molecule has 0 bridgehead atoms. The van der Waals surface area contributed by atoms with Gasteiger partial charge in [-0.25, -0.2) is 9.97 Å². The zero-order valence-electron chi connectivity index (χ0n) is 9.24. The van der Waals surface area contributed by atoms with Crippen molar-refractivity contribution in [2.24, 2.45) is 0 Å². The van der Waals surface area contributed by atoms with Crippen molar-refractivity contribution < 1.29 is 4.79 Å². The number of amides is 1. The van der Waals surface area contributed by atoms with E-state index in [1.807, 2.05) is 6.07 Å². The van der Waals surface area contributed by atoms with E-state index in [-0.39, 0.29) is 11.9 Å². The molecule has 3 rings (SSSR count). The SMILES string of the molecule is O=C1CC[C@H](C#Cc2cc3ncnc(Cl)c3s2)N1. The molecule has 3 heterocycles. The molecule has 0 aliphatic carbocycles. The predicted molar refractivity (Wildman–Crippen MR) is 70.5 cm³/mol. The second-order valence-corrected chi connectivity index (χ2v) is 5.33. The number of halogens is 1. The molecule has 0 radical (unpaired) electrons. The highest BCUT2D eigenvalue weighted by atomic mass is 35.5. The molecule has 18 heavy (non-hydrogen) atoms. The normalized spacial score (nSPS) is 18.5. The Bertz CT molecular complexity index is 685. The summed E-state index contributed by atoms with van der Waals surface area (Å²) >= 11 is 7.44. The van der Waals surface area contributed by atoms with E-state index in [0.29, 0.717) is 11.6 Å². The molecule has 1 aliphatic rings. The summed E-state index contributed by atoms with van der Waals surface area (Å²) in [5, 5.41) is 3.26. The third-order valence-electron chi connectivity index (χ3n) is 2.63. The molecule has 0 spiro atoms. The van der Waals surface area contributed by atoms with Crippen LogP contribution in [-0.4, -0.2) is 21.9 Å². The smallest absolute Gasteiger partial charge is 0.221 e. The van der Waals surface area contributed by atoms with Gasteiger partial charge in [0.1, 0.15) is 11.5 Å². The van der Waals surface area contributed by atoms with Crippen molar-refractivity contribution in [3.05, 3.63) is 22.4 Å². The summed E-state index contributed by atoms with van der Waals surface area (Å²) in [4.78, 5) is 20.0. The first kappa shape index (κ1) is 11.5. The molecule has 0 unspecified atom stereocenters. The number of fused-ring (bicyclic) bond motifs is 1. The Hall–Kier alpha value is -1.64. The number of carbonyl (C=O) groups excluding carboxylic acids is 1. The van der Waals surface area contributed by atoms with Crippen LogP contribution in [0.2, 0.25) is 5.15 Å². The predicted octanol–water partition coefficient (Wildman–Crippen LogP) is 1.97. The first-order chi connectivity index (χ1) is 8.72. The first-order valence-corrected chi connectivity index (χ1v) is 6.63. The zero-order valence-corrected chi connectivity index (χ0v) is 10.8. The minimum atomic E-state index is -0.0377. The Labute approximate surface area is 112 Å². The van der Waals surface area contributed by atoms with Crippen LogP contribution in [0.5, 0.6) is 0 Å². The highest BCUT2D eigenvalue weighted by Crippen LogP contribution is 2.28. The number of carbonyl (C=O) groups is 1. The first-order valence-electron chi connectivity index (χ1n) is 5.43.